The number of hydrogen-bond acceptors (Lipinski definition) is 6. The number of halogens is 1. The second-order valence-corrected chi connectivity index (χ2v) is 11.6. The van der Waals surface area contributed by atoms with Crippen LogP contribution in [0.2, 0.25) is 0 Å². The number of fused-ring (bicyclic) bond motifs is 1. The van der Waals surface area contributed by atoms with E-state index in [0.29, 0.717) is 28.7 Å². The number of carbonyl (C=O) groups is 2. The molecule has 0 aliphatic heterocycles. The van der Waals surface area contributed by atoms with Crippen LogP contribution in [0.15, 0.2) is 66.9 Å². The first-order valence-electron chi connectivity index (χ1n) is 13.2. The third-order valence-electron chi connectivity index (χ3n) is 6.74. The van der Waals surface area contributed by atoms with E-state index in [-0.39, 0.29) is 23.0 Å². The molecule has 3 N–H and O–H groups in total. The normalized spacial score (nSPS) is 14.6. The fourth-order valence-corrected chi connectivity index (χ4v) is 5.73. The van der Waals surface area contributed by atoms with Crippen molar-refractivity contribution >= 4 is 40.6 Å². The molecule has 1 amide bonds. The maximum Gasteiger partial charge on any atom is 0.256 e. The summed E-state index contributed by atoms with van der Waals surface area (Å²) in [5.74, 6) is 0.621. The zero-order chi connectivity index (χ0) is 28.2. The fraction of sp³-hybridized carbons (Fsp3) is 0.258. The number of anilines is 3. The molecule has 2 aromatic carbocycles. The van der Waals surface area contributed by atoms with Gasteiger partial charge in [-0.15, -0.1) is 0 Å². The first-order chi connectivity index (χ1) is 19.3. The molecule has 1 aliphatic rings. The van der Waals surface area contributed by atoms with Gasteiger partial charge in [0.1, 0.15) is 5.82 Å². The molecule has 2 aromatic heterocycles. The molecule has 2 heterocycles. The topological polar surface area (TPSA) is 96.1 Å². The average Bonchev–Trinajstić information content (AvgIpc) is 3.31. The number of nitrogens with zero attached hydrogens (tertiary/aromatic N) is 1. The van der Waals surface area contributed by atoms with Crippen LogP contribution >= 0.6 is 11.8 Å². The molecule has 1 aliphatic carbocycles. The van der Waals surface area contributed by atoms with Crippen molar-refractivity contribution in [2.24, 2.45) is 5.92 Å². The van der Waals surface area contributed by atoms with Gasteiger partial charge in [-0.3, -0.25) is 9.59 Å². The monoisotopic (exact) mass is 558 g/mol. The second kappa shape index (κ2) is 12.0. The highest BCUT2D eigenvalue weighted by Gasteiger charge is 2.32. The molecular weight excluding hydrogens is 527 g/mol. The molecule has 1 unspecified atom stereocenters. The van der Waals surface area contributed by atoms with Gasteiger partial charge in [-0.25, -0.2) is 9.37 Å². The van der Waals surface area contributed by atoms with Gasteiger partial charge < -0.3 is 20.4 Å². The van der Waals surface area contributed by atoms with Gasteiger partial charge in [-0.1, -0.05) is 32.0 Å². The summed E-state index contributed by atoms with van der Waals surface area (Å²) in [6.07, 6.45) is 2.89. The SMILES string of the molecule is COc1cc(C(=O)Nc2cc(-c3[nH]c4c(c3Nc3ccccc3)C(=O)CC(CSC(C)C)C4)ccn2)ccc1F. The molecule has 0 radical (unpaired) electrons. The number of aromatic amines is 1. The van der Waals surface area contributed by atoms with E-state index >= 15 is 0 Å². The van der Waals surface area contributed by atoms with Gasteiger partial charge in [0.05, 0.1) is 24.1 Å². The van der Waals surface area contributed by atoms with Crippen LogP contribution in [-0.4, -0.2) is 39.8 Å². The van der Waals surface area contributed by atoms with Crippen molar-refractivity contribution in [1.82, 2.24) is 9.97 Å². The smallest absolute Gasteiger partial charge is 0.256 e. The van der Waals surface area contributed by atoms with E-state index in [9.17, 15) is 14.0 Å². The van der Waals surface area contributed by atoms with Gasteiger partial charge in [0.25, 0.3) is 5.91 Å². The largest absolute Gasteiger partial charge is 0.494 e. The van der Waals surface area contributed by atoms with Crippen LogP contribution in [0.25, 0.3) is 11.3 Å². The van der Waals surface area contributed by atoms with E-state index in [1.54, 1.807) is 12.3 Å². The number of amides is 1. The van der Waals surface area contributed by atoms with E-state index in [1.807, 2.05) is 48.2 Å². The molecule has 206 valence electrons. The molecule has 5 rings (SSSR count). The lowest BCUT2D eigenvalue weighted by Gasteiger charge is -2.22. The highest BCUT2D eigenvalue weighted by atomic mass is 32.2. The quantitative estimate of drug-likeness (QED) is 0.203. The Hall–Kier alpha value is -4.11. The number of hydrogen-bond donors (Lipinski definition) is 3. The number of ketones is 1. The molecule has 0 spiro atoms. The summed E-state index contributed by atoms with van der Waals surface area (Å²) < 4.78 is 18.8. The summed E-state index contributed by atoms with van der Waals surface area (Å²) in [5, 5.41) is 6.75. The Kier molecular flexibility index (Phi) is 8.21. The summed E-state index contributed by atoms with van der Waals surface area (Å²) in [7, 11) is 1.35. The van der Waals surface area contributed by atoms with Crippen LogP contribution in [-0.2, 0) is 6.42 Å². The minimum atomic E-state index is -0.548. The summed E-state index contributed by atoms with van der Waals surface area (Å²) in [4.78, 5) is 34.2. The highest BCUT2D eigenvalue weighted by Crippen LogP contribution is 2.41. The molecule has 9 heteroatoms. The number of thioether (sulfide) groups is 1. The molecule has 0 bridgehead atoms. The molecule has 0 fully saturated rings. The lowest BCUT2D eigenvalue weighted by Crippen LogP contribution is -2.22. The van der Waals surface area contributed by atoms with Crippen molar-refractivity contribution < 1.29 is 18.7 Å². The number of rotatable bonds is 9. The maximum atomic E-state index is 13.8. The van der Waals surface area contributed by atoms with Gasteiger partial charge >= 0.3 is 0 Å². The van der Waals surface area contributed by atoms with E-state index in [1.165, 1.54) is 25.3 Å². The summed E-state index contributed by atoms with van der Waals surface area (Å²) >= 11 is 1.87. The van der Waals surface area contributed by atoms with Crippen molar-refractivity contribution in [2.45, 2.75) is 31.9 Å². The van der Waals surface area contributed by atoms with Crippen LogP contribution < -0.4 is 15.4 Å². The molecular formula is C31H31FN4O3S. The molecule has 0 saturated heterocycles. The van der Waals surface area contributed by atoms with Crippen LogP contribution in [0.5, 0.6) is 5.75 Å². The van der Waals surface area contributed by atoms with E-state index in [0.717, 1.165) is 34.8 Å². The standard InChI is InChI=1S/C31H31FN4O3S/c1-18(2)40-17-19-13-24-28(25(37)14-19)30(34-22-7-5-4-6-8-22)29(35-24)20-11-12-33-27(16-20)36-31(38)21-9-10-23(32)26(15-21)39-3/h4-12,15-16,18-19,34-35H,13-14,17H2,1-3H3,(H,33,36,38). The van der Waals surface area contributed by atoms with Crippen molar-refractivity contribution in [1.29, 1.82) is 0 Å². The maximum absolute atomic E-state index is 13.8. The van der Waals surface area contributed by atoms with Crippen LogP contribution in [0, 0.1) is 11.7 Å². The number of nitrogens with one attached hydrogen (secondary N) is 3. The number of benzene rings is 2. The summed E-state index contributed by atoms with van der Waals surface area (Å²) in [6, 6.07) is 17.2. The van der Waals surface area contributed by atoms with Crippen LogP contribution in [0.3, 0.4) is 0 Å². The number of pyridine rings is 1. The lowest BCUT2D eigenvalue weighted by molar-refractivity contribution is 0.0954. The number of carbonyl (C=O) groups excluding carboxylic acids is 2. The van der Waals surface area contributed by atoms with Gasteiger partial charge in [0, 0.05) is 35.1 Å². The predicted octanol–water partition coefficient (Wildman–Crippen LogP) is 7.11. The number of aromatic nitrogens is 2. The molecule has 1 atom stereocenters. The van der Waals surface area contributed by atoms with E-state index < -0.39 is 11.7 Å². The Labute approximate surface area is 237 Å². The van der Waals surface area contributed by atoms with Gasteiger partial charge in [0.2, 0.25) is 0 Å². The zero-order valence-electron chi connectivity index (χ0n) is 22.6. The molecule has 40 heavy (non-hydrogen) atoms. The Bertz CT molecular complexity index is 1540. The Balaban J connectivity index is 1.48. The Morgan fingerprint density at radius 3 is 2.70 bits per heavy atom. The number of H-pyrrole nitrogens is 1. The predicted molar refractivity (Wildman–Crippen MR) is 158 cm³/mol. The first kappa shape index (κ1) is 27.5. The number of ether oxygens (including phenoxy) is 1. The molecule has 4 aromatic rings. The molecule has 7 nitrogen and oxygen atoms in total. The van der Waals surface area contributed by atoms with Gasteiger partial charge in [0.15, 0.2) is 17.3 Å². The minimum Gasteiger partial charge on any atom is -0.494 e. The van der Waals surface area contributed by atoms with Crippen LogP contribution in [0.4, 0.5) is 21.6 Å². The zero-order valence-corrected chi connectivity index (χ0v) is 23.4. The number of Topliss-reactive ketones (excluding diaryl/α,β-unsaturated/α-hetero) is 1. The second-order valence-electron chi connectivity index (χ2n) is 10.0. The minimum absolute atomic E-state index is 0.0160. The average molecular weight is 559 g/mol. The van der Waals surface area contributed by atoms with E-state index in [4.69, 9.17) is 4.74 Å². The van der Waals surface area contributed by atoms with Crippen molar-refractivity contribution in [3.05, 3.63) is 89.5 Å². The first-order valence-corrected chi connectivity index (χ1v) is 14.2. The lowest BCUT2D eigenvalue weighted by atomic mass is 9.87. The number of methoxy groups -OCH3 is 1. The van der Waals surface area contributed by atoms with Crippen molar-refractivity contribution in [2.75, 3.05) is 23.5 Å². The third-order valence-corrected chi connectivity index (χ3v) is 8.07. The summed E-state index contributed by atoms with van der Waals surface area (Å²) in [5.41, 5.74) is 4.93. The van der Waals surface area contributed by atoms with E-state index in [2.05, 4.69) is 34.4 Å². The van der Waals surface area contributed by atoms with Gasteiger partial charge in [-0.2, -0.15) is 11.8 Å². The summed E-state index contributed by atoms with van der Waals surface area (Å²) in [6.45, 7) is 4.34. The van der Waals surface area contributed by atoms with Crippen molar-refractivity contribution in [3.8, 4) is 17.0 Å². The number of para-hydroxylation sites is 1. The van der Waals surface area contributed by atoms with Crippen molar-refractivity contribution in [3.63, 3.8) is 0 Å². The Morgan fingerprint density at radius 1 is 1.15 bits per heavy atom. The van der Waals surface area contributed by atoms with Crippen LogP contribution in [0.1, 0.15) is 46.7 Å². The third kappa shape index (κ3) is 6.04. The fourth-order valence-electron chi connectivity index (χ4n) is 4.84. The Morgan fingerprint density at radius 2 is 1.95 bits per heavy atom. The highest BCUT2D eigenvalue weighted by molar-refractivity contribution is 7.99. The molecule has 0 saturated carbocycles. The van der Waals surface area contributed by atoms with Gasteiger partial charge in [-0.05, 0) is 65.8 Å².